The minimum absolute atomic E-state index is 0.266. The maximum absolute atomic E-state index is 12.0. The molecule has 5 nitrogen and oxygen atoms in total. The fourth-order valence-corrected chi connectivity index (χ4v) is 2.18. The molecule has 5 heteroatoms. The van der Waals surface area contributed by atoms with Crippen molar-refractivity contribution in [3.05, 3.63) is 54.3 Å². The van der Waals surface area contributed by atoms with Gasteiger partial charge in [-0.15, -0.1) is 0 Å². The van der Waals surface area contributed by atoms with E-state index in [2.05, 4.69) is 4.98 Å². The van der Waals surface area contributed by atoms with Crippen molar-refractivity contribution in [1.82, 2.24) is 9.55 Å². The molecule has 0 atom stereocenters. The van der Waals surface area contributed by atoms with Gasteiger partial charge in [0, 0.05) is 23.3 Å². The number of fused-ring (bicyclic) bond motifs is 1. The highest BCUT2D eigenvalue weighted by molar-refractivity contribution is 5.96. The van der Waals surface area contributed by atoms with Gasteiger partial charge in [0.15, 0.2) is 0 Å². The lowest BCUT2D eigenvalue weighted by atomic mass is 10.1. The molecule has 1 aromatic carbocycles. The van der Waals surface area contributed by atoms with Crippen molar-refractivity contribution in [2.24, 2.45) is 0 Å². The van der Waals surface area contributed by atoms with Gasteiger partial charge >= 0.3 is 5.97 Å². The second-order valence-corrected chi connectivity index (χ2v) is 4.36. The Kier molecular flexibility index (Phi) is 3.25. The van der Waals surface area contributed by atoms with Crippen LogP contribution < -0.4 is 0 Å². The predicted molar refractivity (Wildman–Crippen MR) is 73.5 cm³/mol. The molecule has 0 N–H and O–H groups in total. The number of para-hydroxylation sites is 1. The number of hydrogen-bond donors (Lipinski definition) is 0. The van der Waals surface area contributed by atoms with Crippen molar-refractivity contribution >= 4 is 16.9 Å². The molecule has 0 aliphatic heterocycles. The number of ether oxygens (including phenoxy) is 1. The number of carbonyl (C=O) groups is 1. The van der Waals surface area contributed by atoms with Crippen LogP contribution in [0, 0.1) is 0 Å². The number of benzene rings is 1. The summed E-state index contributed by atoms with van der Waals surface area (Å²) in [6, 6.07) is 7.58. The number of carbonyl (C=O) groups excluding carboxylic acids is 1. The summed E-state index contributed by atoms with van der Waals surface area (Å²) in [7, 11) is 0. The molecule has 2 heterocycles. The highest BCUT2D eigenvalue weighted by Gasteiger charge is 2.21. The van der Waals surface area contributed by atoms with E-state index < -0.39 is 5.97 Å². The first kappa shape index (κ1) is 12.5. The number of hydrogen-bond acceptors (Lipinski definition) is 4. The lowest BCUT2D eigenvalue weighted by molar-refractivity contribution is 0.0491. The van der Waals surface area contributed by atoms with Crippen molar-refractivity contribution < 1.29 is 13.9 Å². The normalized spacial score (nSPS) is 10.8. The van der Waals surface area contributed by atoms with Crippen LogP contribution >= 0.6 is 0 Å². The van der Waals surface area contributed by atoms with Gasteiger partial charge in [0.05, 0.1) is 19.5 Å². The molecular formula is C15H14N2O3. The summed E-state index contributed by atoms with van der Waals surface area (Å²) in [6.45, 7) is 2.61. The van der Waals surface area contributed by atoms with Crippen molar-refractivity contribution in [1.29, 1.82) is 0 Å². The van der Waals surface area contributed by atoms with Crippen molar-refractivity contribution in [3.8, 4) is 0 Å². The van der Waals surface area contributed by atoms with Gasteiger partial charge in [-0.2, -0.15) is 0 Å². The number of furan rings is 1. The molecule has 0 radical (unpaired) electrons. The summed E-state index contributed by atoms with van der Waals surface area (Å²) in [5.74, 6) is -0.166. The maximum atomic E-state index is 12.0. The quantitative estimate of drug-likeness (QED) is 0.684. The smallest absolute Gasteiger partial charge is 0.374 e. The summed E-state index contributed by atoms with van der Waals surface area (Å²) >= 11 is 0. The van der Waals surface area contributed by atoms with Crippen molar-refractivity contribution in [2.75, 3.05) is 6.61 Å². The van der Waals surface area contributed by atoms with Crippen LogP contribution in [0.1, 0.15) is 23.0 Å². The number of aromatic nitrogens is 2. The van der Waals surface area contributed by atoms with E-state index in [1.807, 2.05) is 35.0 Å². The molecule has 0 fully saturated rings. The Labute approximate surface area is 115 Å². The van der Waals surface area contributed by atoms with Gasteiger partial charge < -0.3 is 13.7 Å². The zero-order chi connectivity index (χ0) is 13.9. The Bertz CT molecular complexity index is 729. The molecule has 0 aliphatic carbocycles. The monoisotopic (exact) mass is 270 g/mol. The molecule has 0 amide bonds. The number of imidazole rings is 1. The van der Waals surface area contributed by atoms with Crippen LogP contribution in [0.25, 0.3) is 11.0 Å². The fraction of sp³-hybridized carbons (Fsp3) is 0.200. The minimum Gasteiger partial charge on any atom is -0.460 e. The molecule has 102 valence electrons. The van der Waals surface area contributed by atoms with Crippen LogP contribution in [0.4, 0.5) is 0 Å². The average molecular weight is 270 g/mol. The first-order chi connectivity index (χ1) is 9.79. The van der Waals surface area contributed by atoms with Crippen LogP contribution in [-0.2, 0) is 11.3 Å². The Morgan fingerprint density at radius 3 is 3.00 bits per heavy atom. The Balaban J connectivity index is 2.10. The van der Waals surface area contributed by atoms with Gasteiger partial charge in [-0.3, -0.25) is 0 Å². The van der Waals surface area contributed by atoms with Crippen LogP contribution in [-0.4, -0.2) is 22.1 Å². The highest BCUT2D eigenvalue weighted by atomic mass is 16.5. The number of esters is 1. The molecule has 0 spiro atoms. The van der Waals surface area contributed by atoms with E-state index in [9.17, 15) is 4.79 Å². The first-order valence-corrected chi connectivity index (χ1v) is 6.43. The molecular weight excluding hydrogens is 256 g/mol. The zero-order valence-corrected chi connectivity index (χ0v) is 11.1. The van der Waals surface area contributed by atoms with Crippen molar-refractivity contribution in [3.63, 3.8) is 0 Å². The molecule has 3 aromatic rings. The van der Waals surface area contributed by atoms with E-state index in [0.29, 0.717) is 18.7 Å². The summed E-state index contributed by atoms with van der Waals surface area (Å²) < 4.78 is 12.6. The third-order valence-electron chi connectivity index (χ3n) is 3.06. The molecule has 20 heavy (non-hydrogen) atoms. The number of rotatable bonds is 4. The van der Waals surface area contributed by atoms with E-state index in [0.717, 1.165) is 10.9 Å². The topological polar surface area (TPSA) is 57.3 Å². The van der Waals surface area contributed by atoms with Gasteiger partial charge in [-0.05, 0) is 13.0 Å². The fourth-order valence-electron chi connectivity index (χ4n) is 2.18. The lowest BCUT2D eigenvalue weighted by Crippen LogP contribution is -2.08. The summed E-state index contributed by atoms with van der Waals surface area (Å²) in [5.41, 5.74) is 1.50. The molecule has 0 bridgehead atoms. The second kappa shape index (κ2) is 5.21. The average Bonchev–Trinajstić information content (AvgIpc) is 3.08. The van der Waals surface area contributed by atoms with Gasteiger partial charge in [0.25, 0.3) is 0 Å². The van der Waals surface area contributed by atoms with Gasteiger partial charge in [-0.1, -0.05) is 18.2 Å². The van der Waals surface area contributed by atoms with E-state index in [1.54, 1.807) is 19.4 Å². The molecule has 0 saturated carbocycles. The van der Waals surface area contributed by atoms with E-state index in [4.69, 9.17) is 9.15 Å². The third-order valence-corrected chi connectivity index (χ3v) is 3.06. The molecule has 2 aromatic heterocycles. The Morgan fingerprint density at radius 1 is 1.40 bits per heavy atom. The Morgan fingerprint density at radius 2 is 2.25 bits per heavy atom. The summed E-state index contributed by atoms with van der Waals surface area (Å²) in [6.07, 6.45) is 5.25. The van der Waals surface area contributed by atoms with Crippen LogP contribution in [0.2, 0.25) is 0 Å². The zero-order valence-electron chi connectivity index (χ0n) is 11.1. The largest absolute Gasteiger partial charge is 0.460 e. The van der Waals surface area contributed by atoms with Gasteiger partial charge in [0.1, 0.15) is 5.58 Å². The van der Waals surface area contributed by atoms with E-state index >= 15 is 0 Å². The molecule has 3 rings (SSSR count). The highest BCUT2D eigenvalue weighted by Crippen LogP contribution is 2.27. The predicted octanol–water partition coefficient (Wildman–Crippen LogP) is 2.85. The molecule has 0 saturated heterocycles. The molecule has 0 aliphatic rings. The lowest BCUT2D eigenvalue weighted by Gasteiger charge is -2.04. The Hall–Kier alpha value is -2.56. The van der Waals surface area contributed by atoms with Crippen LogP contribution in [0.3, 0.4) is 0 Å². The SMILES string of the molecule is CCOC(=O)c1oc2ccccc2c1Cn1ccnc1. The minimum atomic E-state index is -0.432. The van der Waals surface area contributed by atoms with Crippen molar-refractivity contribution in [2.45, 2.75) is 13.5 Å². The third kappa shape index (κ3) is 2.18. The summed E-state index contributed by atoms with van der Waals surface area (Å²) in [4.78, 5) is 16.0. The number of nitrogens with zero attached hydrogens (tertiary/aromatic N) is 2. The van der Waals surface area contributed by atoms with Gasteiger partial charge in [0.2, 0.25) is 5.76 Å². The van der Waals surface area contributed by atoms with E-state index in [1.165, 1.54) is 0 Å². The van der Waals surface area contributed by atoms with E-state index in [-0.39, 0.29) is 5.76 Å². The van der Waals surface area contributed by atoms with Crippen LogP contribution in [0.15, 0.2) is 47.4 Å². The second-order valence-electron chi connectivity index (χ2n) is 4.36. The maximum Gasteiger partial charge on any atom is 0.374 e. The summed E-state index contributed by atoms with van der Waals surface area (Å²) in [5, 5.41) is 0.921. The standard InChI is InChI=1S/C15H14N2O3/c1-2-19-15(18)14-12(9-17-8-7-16-10-17)11-5-3-4-6-13(11)20-14/h3-8,10H,2,9H2,1H3. The first-order valence-electron chi connectivity index (χ1n) is 6.43. The van der Waals surface area contributed by atoms with Gasteiger partial charge in [-0.25, -0.2) is 9.78 Å². The van der Waals surface area contributed by atoms with Crippen LogP contribution in [0.5, 0.6) is 0 Å². The molecule has 0 unspecified atom stereocenters.